The third kappa shape index (κ3) is 8.22. The van der Waals surface area contributed by atoms with Crippen molar-refractivity contribution in [3.8, 4) is 39.3 Å². The average Bonchev–Trinajstić information content (AvgIpc) is 3.60. The van der Waals surface area contributed by atoms with E-state index in [0.29, 0.717) is 37.7 Å². The lowest BCUT2D eigenvalue weighted by atomic mass is 10.1. The normalized spacial score (nSPS) is 10.8. The minimum Gasteiger partial charge on any atom is -0.493 e. The van der Waals surface area contributed by atoms with Crippen LogP contribution in [0.2, 0.25) is 0 Å². The molecule has 1 N–H and O–H groups in total. The first-order chi connectivity index (χ1) is 22.1. The van der Waals surface area contributed by atoms with E-state index >= 15 is 0 Å². The lowest BCUT2D eigenvalue weighted by Crippen LogP contribution is -2.08. The Balaban J connectivity index is 1.25. The molecule has 0 fully saturated rings. The molecule has 0 spiro atoms. The summed E-state index contributed by atoms with van der Waals surface area (Å²) < 4.78 is 24.9. The van der Waals surface area contributed by atoms with Gasteiger partial charge in [-0.25, -0.2) is 9.78 Å². The Morgan fingerprint density at radius 3 is 2.27 bits per heavy atom. The van der Waals surface area contributed by atoms with Crippen molar-refractivity contribution in [3.63, 3.8) is 0 Å². The molecule has 0 aliphatic carbocycles. The van der Waals surface area contributed by atoms with Gasteiger partial charge in [0.2, 0.25) is 0 Å². The number of aromatic nitrogens is 1. The zero-order valence-corrected chi connectivity index (χ0v) is 26.3. The number of nitrogens with zero attached hydrogens (tertiary/aromatic N) is 1. The highest BCUT2D eigenvalue weighted by Crippen LogP contribution is 2.38. The monoisotopic (exact) mass is 623 g/mol. The highest BCUT2D eigenvalue weighted by atomic mass is 32.1. The first-order valence-electron chi connectivity index (χ1n) is 15.2. The van der Waals surface area contributed by atoms with Crippen LogP contribution in [0, 0.1) is 0 Å². The van der Waals surface area contributed by atoms with Gasteiger partial charge in [-0.2, -0.15) is 0 Å². The van der Waals surface area contributed by atoms with Crippen molar-refractivity contribution in [1.29, 1.82) is 0 Å². The maximum atomic E-state index is 11.7. The summed E-state index contributed by atoms with van der Waals surface area (Å²) in [6.45, 7) is 5.56. The van der Waals surface area contributed by atoms with Crippen molar-refractivity contribution in [2.45, 2.75) is 46.1 Å². The summed E-state index contributed by atoms with van der Waals surface area (Å²) in [4.78, 5) is 16.2. The van der Waals surface area contributed by atoms with Gasteiger partial charge in [0.15, 0.2) is 0 Å². The van der Waals surface area contributed by atoms with E-state index in [-0.39, 0.29) is 5.56 Å². The van der Waals surface area contributed by atoms with Crippen LogP contribution in [0.4, 0.5) is 0 Å². The molecule has 45 heavy (non-hydrogen) atoms. The number of hydrogen-bond donors (Lipinski definition) is 1. The van der Waals surface area contributed by atoms with Gasteiger partial charge in [0.1, 0.15) is 45.9 Å². The van der Waals surface area contributed by atoms with Gasteiger partial charge in [-0.3, -0.25) is 0 Å². The number of rotatable bonds is 16. The predicted molar refractivity (Wildman–Crippen MR) is 177 cm³/mol. The van der Waals surface area contributed by atoms with Crippen LogP contribution in [0.1, 0.15) is 53.7 Å². The quantitative estimate of drug-likeness (QED) is 0.110. The molecule has 8 heteroatoms. The molecule has 0 radical (unpaired) electrons. The molecule has 0 aliphatic rings. The third-order valence-corrected chi connectivity index (χ3v) is 7.98. The van der Waals surface area contributed by atoms with Crippen LogP contribution in [0.5, 0.6) is 28.7 Å². The smallest absolute Gasteiger partial charge is 0.339 e. The van der Waals surface area contributed by atoms with Gasteiger partial charge in [-0.15, -0.1) is 11.3 Å². The number of carboxylic acid groups (broad SMARTS) is 1. The molecule has 7 nitrogen and oxygen atoms in total. The van der Waals surface area contributed by atoms with E-state index in [0.717, 1.165) is 63.8 Å². The Labute approximate surface area is 268 Å². The van der Waals surface area contributed by atoms with E-state index in [9.17, 15) is 9.90 Å². The van der Waals surface area contributed by atoms with Gasteiger partial charge in [0.05, 0.1) is 18.8 Å². The fourth-order valence-electron chi connectivity index (χ4n) is 4.94. The molecule has 0 aliphatic heterocycles. The first kappa shape index (κ1) is 31.6. The number of aryl methyl sites for hydroxylation is 1. The topological polar surface area (TPSA) is 87.1 Å². The summed E-state index contributed by atoms with van der Waals surface area (Å²) in [6.07, 6.45) is 4.89. The van der Waals surface area contributed by atoms with Crippen molar-refractivity contribution in [3.05, 3.63) is 119 Å². The van der Waals surface area contributed by atoms with Crippen molar-refractivity contribution < 1.29 is 28.8 Å². The average molecular weight is 624 g/mol. The summed E-state index contributed by atoms with van der Waals surface area (Å²) in [5.74, 6) is 2.11. The number of hydrogen-bond acceptors (Lipinski definition) is 7. The Morgan fingerprint density at radius 1 is 0.800 bits per heavy atom. The molecular weight excluding hydrogens is 586 g/mol. The number of carbonyl (C=O) groups is 1. The molecule has 0 saturated carbocycles. The van der Waals surface area contributed by atoms with Crippen LogP contribution in [0.15, 0.2) is 96.5 Å². The second-order valence-corrected chi connectivity index (χ2v) is 11.3. The van der Waals surface area contributed by atoms with Gasteiger partial charge in [0, 0.05) is 29.6 Å². The van der Waals surface area contributed by atoms with Gasteiger partial charge in [-0.1, -0.05) is 68.8 Å². The van der Waals surface area contributed by atoms with Crippen molar-refractivity contribution >= 4 is 17.3 Å². The van der Waals surface area contributed by atoms with Crippen LogP contribution in [0.25, 0.3) is 10.6 Å². The third-order valence-electron chi connectivity index (χ3n) is 7.17. The number of thiazole rings is 1. The minimum atomic E-state index is -1.03. The predicted octanol–water partition coefficient (Wildman–Crippen LogP) is 9.24. The Hall–Kier alpha value is -4.82. The summed E-state index contributed by atoms with van der Waals surface area (Å²) in [5, 5.41) is 12.5. The molecule has 1 heterocycles. The zero-order chi connectivity index (χ0) is 31.4. The van der Waals surface area contributed by atoms with Crippen LogP contribution < -0.4 is 18.9 Å². The second kappa shape index (κ2) is 15.8. The zero-order valence-electron chi connectivity index (χ0n) is 25.5. The number of benzene rings is 4. The molecule has 0 unspecified atom stereocenters. The number of aromatic carboxylic acids is 1. The van der Waals surface area contributed by atoms with E-state index < -0.39 is 5.97 Å². The largest absolute Gasteiger partial charge is 0.493 e. The molecule has 232 valence electrons. The molecule has 0 amide bonds. The minimum absolute atomic E-state index is 0.114. The lowest BCUT2D eigenvalue weighted by molar-refractivity contribution is 0.0694. The van der Waals surface area contributed by atoms with Gasteiger partial charge in [0.25, 0.3) is 0 Å². The SMILES string of the molecule is CCCc1c(OCCCOc2cc(OCc3ccccc3)c(-c3nccs3)cc2CC)cccc1Oc1ccccc1C(=O)O. The van der Waals surface area contributed by atoms with Gasteiger partial charge >= 0.3 is 5.97 Å². The van der Waals surface area contributed by atoms with E-state index in [4.69, 9.17) is 18.9 Å². The number of ether oxygens (including phenoxy) is 4. The summed E-state index contributed by atoms with van der Waals surface area (Å²) in [7, 11) is 0. The summed E-state index contributed by atoms with van der Waals surface area (Å²) in [5.41, 5.74) is 4.16. The summed E-state index contributed by atoms with van der Waals surface area (Å²) >= 11 is 1.58. The van der Waals surface area contributed by atoms with E-state index in [1.165, 1.54) is 6.07 Å². The van der Waals surface area contributed by atoms with Crippen molar-refractivity contribution in [2.24, 2.45) is 0 Å². The van der Waals surface area contributed by atoms with Crippen LogP contribution in [0.3, 0.4) is 0 Å². The van der Waals surface area contributed by atoms with Gasteiger partial charge < -0.3 is 24.1 Å². The lowest BCUT2D eigenvalue weighted by Gasteiger charge is -2.18. The second-order valence-electron chi connectivity index (χ2n) is 10.4. The fraction of sp³-hybridized carbons (Fsp3) is 0.243. The summed E-state index contributed by atoms with van der Waals surface area (Å²) in [6, 6.07) is 26.5. The Bertz CT molecular complexity index is 1690. The van der Waals surface area contributed by atoms with Gasteiger partial charge in [-0.05, 0) is 54.3 Å². The molecule has 4 aromatic carbocycles. The van der Waals surface area contributed by atoms with E-state index in [1.807, 2.05) is 60.0 Å². The van der Waals surface area contributed by atoms with Crippen LogP contribution in [-0.4, -0.2) is 29.3 Å². The molecular formula is C37H37NO6S. The maximum absolute atomic E-state index is 11.7. The van der Waals surface area contributed by atoms with Crippen LogP contribution >= 0.6 is 11.3 Å². The molecule has 0 atom stereocenters. The molecule has 0 bridgehead atoms. The molecule has 5 rings (SSSR count). The van der Waals surface area contributed by atoms with Crippen LogP contribution in [-0.2, 0) is 19.4 Å². The molecule has 0 saturated heterocycles. The van der Waals surface area contributed by atoms with Crippen molar-refractivity contribution in [2.75, 3.05) is 13.2 Å². The highest BCUT2D eigenvalue weighted by Gasteiger charge is 2.17. The number of carboxylic acids is 1. The first-order valence-corrected chi connectivity index (χ1v) is 16.1. The van der Waals surface area contributed by atoms with Crippen molar-refractivity contribution in [1.82, 2.24) is 4.98 Å². The molecule has 5 aromatic rings. The van der Waals surface area contributed by atoms with E-state index in [1.54, 1.807) is 35.7 Å². The number of para-hydroxylation sites is 1. The highest BCUT2D eigenvalue weighted by molar-refractivity contribution is 7.13. The Morgan fingerprint density at radius 2 is 1.53 bits per heavy atom. The maximum Gasteiger partial charge on any atom is 0.339 e. The Kier molecular flexibility index (Phi) is 11.1. The fourth-order valence-corrected chi connectivity index (χ4v) is 5.60. The molecule has 1 aromatic heterocycles. The van der Waals surface area contributed by atoms with E-state index in [2.05, 4.69) is 24.9 Å². The standard InChI is InChI=1S/C37H37NO6S/c1-3-12-28-31(17-10-18-32(28)44-33-16-9-8-15-29(33)37(39)40)41-20-11-21-42-34-24-35(43-25-26-13-6-5-7-14-26)30(23-27(34)4-2)36-38-19-22-45-36/h5-10,13-19,22-24H,3-4,11-12,20-21,25H2,1-2H3,(H,39,40).